The summed E-state index contributed by atoms with van der Waals surface area (Å²) in [6.45, 7) is 0.665. The Morgan fingerprint density at radius 1 is 1.57 bits per heavy atom. The van der Waals surface area contributed by atoms with Crippen LogP contribution in [0.25, 0.3) is 0 Å². The molecule has 1 aromatic carbocycles. The lowest BCUT2D eigenvalue weighted by Crippen LogP contribution is -2.07. The predicted octanol–water partition coefficient (Wildman–Crippen LogP) is 2.47. The molecule has 0 saturated carbocycles. The first-order valence-corrected chi connectivity index (χ1v) is 4.91. The van der Waals surface area contributed by atoms with E-state index in [1.54, 1.807) is 12.1 Å². The van der Waals surface area contributed by atoms with Gasteiger partial charge in [-0.25, -0.2) is 4.79 Å². The van der Waals surface area contributed by atoms with Gasteiger partial charge in [0.15, 0.2) is 0 Å². The molecule has 0 atom stereocenters. The average molecular weight is 258 g/mol. The zero-order chi connectivity index (χ0) is 10.1. The molecule has 1 heterocycles. The zero-order valence-corrected chi connectivity index (χ0v) is 8.80. The SMILES string of the molecule is O=C(O)Nc1cc2c(cc1Br)OCC2. The van der Waals surface area contributed by atoms with Crippen LogP contribution in [-0.4, -0.2) is 17.8 Å². The van der Waals surface area contributed by atoms with Crippen molar-refractivity contribution >= 4 is 27.7 Å². The van der Waals surface area contributed by atoms with Crippen LogP contribution < -0.4 is 10.1 Å². The molecular weight excluding hydrogens is 250 g/mol. The van der Waals surface area contributed by atoms with Gasteiger partial charge in [0.2, 0.25) is 0 Å². The van der Waals surface area contributed by atoms with Crippen LogP contribution in [0.5, 0.6) is 5.75 Å². The molecular formula is C9H8BrNO3. The minimum Gasteiger partial charge on any atom is -0.493 e. The van der Waals surface area contributed by atoms with Crippen LogP contribution in [0.1, 0.15) is 5.56 Å². The van der Waals surface area contributed by atoms with Crippen molar-refractivity contribution in [3.05, 3.63) is 22.2 Å². The molecule has 0 unspecified atom stereocenters. The number of hydrogen-bond donors (Lipinski definition) is 2. The highest BCUT2D eigenvalue weighted by molar-refractivity contribution is 9.10. The molecule has 1 aliphatic heterocycles. The predicted molar refractivity (Wildman–Crippen MR) is 55.0 cm³/mol. The summed E-state index contributed by atoms with van der Waals surface area (Å²) in [5, 5.41) is 10.9. The fraction of sp³-hybridized carbons (Fsp3) is 0.222. The molecule has 1 aromatic rings. The second-order valence-electron chi connectivity index (χ2n) is 2.97. The summed E-state index contributed by atoms with van der Waals surface area (Å²) < 4.78 is 6.03. The van der Waals surface area contributed by atoms with Crippen molar-refractivity contribution in [1.82, 2.24) is 0 Å². The summed E-state index contributed by atoms with van der Waals surface area (Å²) in [5.41, 5.74) is 1.60. The van der Waals surface area contributed by atoms with Gasteiger partial charge in [0.25, 0.3) is 0 Å². The van der Waals surface area contributed by atoms with E-state index in [2.05, 4.69) is 21.2 Å². The highest BCUT2D eigenvalue weighted by atomic mass is 79.9. The van der Waals surface area contributed by atoms with Crippen LogP contribution in [-0.2, 0) is 6.42 Å². The van der Waals surface area contributed by atoms with E-state index in [4.69, 9.17) is 9.84 Å². The molecule has 14 heavy (non-hydrogen) atoms. The van der Waals surface area contributed by atoms with Gasteiger partial charge in [-0.1, -0.05) is 0 Å². The second-order valence-corrected chi connectivity index (χ2v) is 3.82. The Morgan fingerprint density at radius 3 is 3.07 bits per heavy atom. The molecule has 0 fully saturated rings. The Bertz CT molecular complexity index is 392. The van der Waals surface area contributed by atoms with Gasteiger partial charge in [-0.05, 0) is 33.6 Å². The lowest BCUT2D eigenvalue weighted by atomic mass is 10.1. The first-order valence-electron chi connectivity index (χ1n) is 4.12. The van der Waals surface area contributed by atoms with Crippen LogP contribution in [0, 0.1) is 0 Å². The van der Waals surface area contributed by atoms with Gasteiger partial charge in [-0.15, -0.1) is 0 Å². The fourth-order valence-corrected chi connectivity index (χ4v) is 1.83. The number of halogens is 1. The molecule has 2 rings (SSSR count). The molecule has 0 radical (unpaired) electrons. The molecule has 74 valence electrons. The molecule has 1 amide bonds. The van der Waals surface area contributed by atoms with Crippen molar-refractivity contribution in [2.75, 3.05) is 11.9 Å². The van der Waals surface area contributed by atoms with Gasteiger partial charge in [0.05, 0.1) is 12.3 Å². The third-order valence-electron chi connectivity index (χ3n) is 2.02. The van der Waals surface area contributed by atoms with Crippen LogP contribution in [0.15, 0.2) is 16.6 Å². The van der Waals surface area contributed by atoms with Crippen molar-refractivity contribution in [2.45, 2.75) is 6.42 Å². The van der Waals surface area contributed by atoms with Crippen molar-refractivity contribution < 1.29 is 14.6 Å². The fourth-order valence-electron chi connectivity index (χ4n) is 1.41. The average Bonchev–Trinajstić information content (AvgIpc) is 2.51. The number of nitrogens with one attached hydrogen (secondary N) is 1. The maximum Gasteiger partial charge on any atom is 0.409 e. The van der Waals surface area contributed by atoms with Crippen LogP contribution in [0.3, 0.4) is 0 Å². The summed E-state index contributed by atoms with van der Waals surface area (Å²) in [7, 11) is 0. The van der Waals surface area contributed by atoms with Gasteiger partial charge in [-0.3, -0.25) is 5.32 Å². The summed E-state index contributed by atoms with van der Waals surface area (Å²) in [4.78, 5) is 10.5. The van der Waals surface area contributed by atoms with Crippen molar-refractivity contribution in [1.29, 1.82) is 0 Å². The lowest BCUT2D eigenvalue weighted by Gasteiger charge is -2.06. The van der Waals surface area contributed by atoms with E-state index in [0.29, 0.717) is 16.8 Å². The van der Waals surface area contributed by atoms with E-state index in [0.717, 1.165) is 17.7 Å². The zero-order valence-electron chi connectivity index (χ0n) is 7.21. The maximum absolute atomic E-state index is 10.5. The molecule has 0 aromatic heterocycles. The third kappa shape index (κ3) is 1.68. The van der Waals surface area contributed by atoms with E-state index in [9.17, 15) is 4.79 Å². The third-order valence-corrected chi connectivity index (χ3v) is 2.68. The Balaban J connectivity index is 2.37. The number of anilines is 1. The van der Waals surface area contributed by atoms with Crippen molar-refractivity contribution in [3.8, 4) is 5.75 Å². The van der Waals surface area contributed by atoms with Gasteiger partial charge in [0, 0.05) is 10.9 Å². The van der Waals surface area contributed by atoms with Crippen LogP contribution in [0.2, 0.25) is 0 Å². The molecule has 0 bridgehead atoms. The van der Waals surface area contributed by atoms with Crippen LogP contribution in [0.4, 0.5) is 10.5 Å². The minimum absolute atomic E-state index is 0.557. The molecule has 0 saturated heterocycles. The number of amides is 1. The summed E-state index contributed by atoms with van der Waals surface area (Å²) in [6.07, 6.45) is -0.235. The monoisotopic (exact) mass is 257 g/mol. The Kier molecular flexibility index (Phi) is 2.33. The largest absolute Gasteiger partial charge is 0.493 e. The summed E-state index contributed by atoms with van der Waals surface area (Å²) in [5.74, 6) is 0.827. The molecule has 0 aliphatic carbocycles. The number of ether oxygens (including phenoxy) is 1. The molecule has 4 nitrogen and oxygen atoms in total. The summed E-state index contributed by atoms with van der Waals surface area (Å²) >= 11 is 3.27. The van der Waals surface area contributed by atoms with Crippen molar-refractivity contribution in [2.24, 2.45) is 0 Å². The van der Waals surface area contributed by atoms with Crippen LogP contribution >= 0.6 is 15.9 Å². The molecule has 0 spiro atoms. The normalized spacial score (nSPS) is 13.2. The number of carboxylic acid groups (broad SMARTS) is 1. The maximum atomic E-state index is 10.5. The van der Waals surface area contributed by atoms with Gasteiger partial charge in [0.1, 0.15) is 5.75 Å². The lowest BCUT2D eigenvalue weighted by molar-refractivity contribution is 0.209. The molecule has 2 N–H and O–H groups in total. The first-order chi connectivity index (χ1) is 6.66. The van der Waals surface area contributed by atoms with Crippen molar-refractivity contribution in [3.63, 3.8) is 0 Å². The smallest absolute Gasteiger partial charge is 0.409 e. The standard InChI is InChI=1S/C9H8BrNO3/c10-6-4-8-5(1-2-14-8)3-7(6)11-9(12)13/h3-4,11H,1-2H2,(H,12,13). The molecule has 1 aliphatic rings. The number of benzene rings is 1. The Hall–Kier alpha value is -1.23. The second kappa shape index (κ2) is 3.49. The topological polar surface area (TPSA) is 58.6 Å². The Labute approximate surface area is 89.0 Å². The van der Waals surface area contributed by atoms with E-state index < -0.39 is 6.09 Å². The van der Waals surface area contributed by atoms with Gasteiger partial charge in [-0.2, -0.15) is 0 Å². The summed E-state index contributed by atoms with van der Waals surface area (Å²) in [6, 6.07) is 3.58. The minimum atomic E-state index is -1.07. The number of fused-ring (bicyclic) bond motifs is 1. The van der Waals surface area contributed by atoms with E-state index in [1.807, 2.05) is 0 Å². The van der Waals surface area contributed by atoms with E-state index in [1.165, 1.54) is 0 Å². The quantitative estimate of drug-likeness (QED) is 0.813. The van der Waals surface area contributed by atoms with Gasteiger partial charge < -0.3 is 9.84 Å². The number of rotatable bonds is 1. The highest BCUT2D eigenvalue weighted by Crippen LogP contribution is 2.34. The van der Waals surface area contributed by atoms with Gasteiger partial charge >= 0.3 is 6.09 Å². The number of hydrogen-bond acceptors (Lipinski definition) is 2. The first kappa shape index (κ1) is 9.33. The van der Waals surface area contributed by atoms with E-state index in [-0.39, 0.29) is 0 Å². The van der Waals surface area contributed by atoms with E-state index >= 15 is 0 Å². The number of carbonyl (C=O) groups is 1. The molecule has 5 heteroatoms. The highest BCUT2D eigenvalue weighted by Gasteiger charge is 2.15. The Morgan fingerprint density at radius 2 is 2.36 bits per heavy atom.